The lowest BCUT2D eigenvalue weighted by molar-refractivity contribution is -0.132. The zero-order valence-electron chi connectivity index (χ0n) is 19.5. The van der Waals surface area contributed by atoms with Crippen molar-refractivity contribution in [3.05, 3.63) is 82.3 Å². The molecule has 0 spiro atoms. The Labute approximate surface area is 204 Å². The molecular weight excluding hydrogens is 475 g/mol. The number of halogens is 1. The van der Waals surface area contributed by atoms with Crippen molar-refractivity contribution in [3.8, 4) is 5.75 Å². The van der Waals surface area contributed by atoms with Crippen LogP contribution in [0.4, 0.5) is 4.39 Å². The quantitative estimate of drug-likeness (QED) is 0.377. The Kier molecular flexibility index (Phi) is 8.82. The van der Waals surface area contributed by atoms with Crippen LogP contribution in [0.1, 0.15) is 24.3 Å². The van der Waals surface area contributed by atoms with Crippen LogP contribution in [-0.2, 0) is 27.9 Å². The van der Waals surface area contributed by atoms with E-state index >= 15 is 0 Å². The molecule has 0 unspecified atom stereocenters. The van der Waals surface area contributed by atoms with Gasteiger partial charge in [-0.25, -0.2) is 12.8 Å². The van der Waals surface area contributed by atoms with Crippen LogP contribution >= 0.6 is 11.3 Å². The van der Waals surface area contributed by atoms with E-state index in [4.69, 9.17) is 4.74 Å². The summed E-state index contributed by atoms with van der Waals surface area (Å²) < 4.78 is 46.5. The van der Waals surface area contributed by atoms with Gasteiger partial charge in [0, 0.05) is 18.0 Å². The molecule has 3 aromatic rings. The Hall–Kier alpha value is -2.75. The zero-order chi connectivity index (χ0) is 24.7. The molecule has 3 rings (SSSR count). The summed E-state index contributed by atoms with van der Waals surface area (Å²) in [5.41, 5.74) is 0.764. The van der Waals surface area contributed by atoms with Gasteiger partial charge in [-0.1, -0.05) is 32.0 Å². The fourth-order valence-electron chi connectivity index (χ4n) is 3.44. The second-order valence-corrected chi connectivity index (χ2v) is 11.3. The molecule has 182 valence electrons. The van der Waals surface area contributed by atoms with Crippen molar-refractivity contribution in [2.75, 3.05) is 20.2 Å². The van der Waals surface area contributed by atoms with Crippen molar-refractivity contribution in [3.63, 3.8) is 0 Å². The molecule has 0 fully saturated rings. The number of carbonyl (C=O) groups is 1. The number of hydrogen-bond donors (Lipinski definition) is 0. The topological polar surface area (TPSA) is 66.9 Å². The lowest BCUT2D eigenvalue weighted by atomic mass is 10.2. The highest BCUT2D eigenvalue weighted by molar-refractivity contribution is 7.89. The van der Waals surface area contributed by atoms with Crippen LogP contribution in [-0.4, -0.2) is 43.7 Å². The Morgan fingerprint density at radius 1 is 1.03 bits per heavy atom. The molecule has 0 N–H and O–H groups in total. The number of rotatable bonds is 11. The van der Waals surface area contributed by atoms with Crippen LogP contribution in [0.2, 0.25) is 0 Å². The van der Waals surface area contributed by atoms with Crippen molar-refractivity contribution in [1.29, 1.82) is 0 Å². The number of carbonyl (C=O) groups excluding carboxylic acids is 1. The summed E-state index contributed by atoms with van der Waals surface area (Å²) in [7, 11) is -2.40. The number of benzene rings is 2. The monoisotopic (exact) mass is 504 g/mol. The predicted octanol–water partition coefficient (Wildman–Crippen LogP) is 4.77. The molecule has 1 amide bonds. The average Bonchev–Trinajstić information content (AvgIpc) is 3.32. The summed E-state index contributed by atoms with van der Waals surface area (Å²) >= 11 is 1.52. The second-order valence-electron chi connectivity index (χ2n) is 8.32. The molecule has 0 aliphatic rings. The van der Waals surface area contributed by atoms with E-state index in [-0.39, 0.29) is 42.2 Å². The van der Waals surface area contributed by atoms with Crippen LogP contribution in [0.5, 0.6) is 5.75 Å². The van der Waals surface area contributed by atoms with Crippen LogP contribution in [0.3, 0.4) is 0 Å². The highest BCUT2D eigenvalue weighted by Gasteiger charge is 2.29. The van der Waals surface area contributed by atoms with Gasteiger partial charge in [0.1, 0.15) is 11.6 Å². The number of thiophene rings is 1. The lowest BCUT2D eigenvalue weighted by Crippen LogP contribution is -2.43. The van der Waals surface area contributed by atoms with Gasteiger partial charge in [-0.05, 0) is 59.3 Å². The van der Waals surface area contributed by atoms with Gasteiger partial charge in [-0.15, -0.1) is 11.3 Å². The molecule has 0 atom stereocenters. The van der Waals surface area contributed by atoms with E-state index in [2.05, 4.69) is 0 Å². The maximum Gasteiger partial charge on any atom is 0.243 e. The molecule has 2 aromatic carbocycles. The second kappa shape index (κ2) is 11.6. The molecule has 0 saturated carbocycles. The first-order valence-corrected chi connectivity index (χ1v) is 13.2. The first-order valence-electron chi connectivity index (χ1n) is 10.9. The minimum Gasteiger partial charge on any atom is -0.497 e. The predicted molar refractivity (Wildman–Crippen MR) is 132 cm³/mol. The summed E-state index contributed by atoms with van der Waals surface area (Å²) in [5.74, 6) is -0.112. The molecule has 6 nitrogen and oxygen atoms in total. The lowest BCUT2D eigenvalue weighted by Gasteiger charge is -2.28. The first-order chi connectivity index (χ1) is 16.2. The molecule has 1 heterocycles. The van der Waals surface area contributed by atoms with Gasteiger partial charge in [-0.3, -0.25) is 4.79 Å². The molecule has 1 aromatic heterocycles. The Morgan fingerprint density at radius 2 is 1.71 bits per heavy atom. The van der Waals surface area contributed by atoms with Crippen LogP contribution in [0.25, 0.3) is 0 Å². The number of methoxy groups -OCH3 is 1. The minimum absolute atomic E-state index is 0.0173. The molecule has 0 bridgehead atoms. The summed E-state index contributed by atoms with van der Waals surface area (Å²) in [6.45, 7) is 4.30. The van der Waals surface area contributed by atoms with E-state index in [9.17, 15) is 17.6 Å². The third-order valence-electron chi connectivity index (χ3n) is 5.14. The highest BCUT2D eigenvalue weighted by Crippen LogP contribution is 2.22. The van der Waals surface area contributed by atoms with E-state index in [0.29, 0.717) is 12.3 Å². The van der Waals surface area contributed by atoms with Gasteiger partial charge in [0.15, 0.2) is 0 Å². The standard InChI is InChI=1S/C25H29FN2O4S2/c1-19(2)15-28(34(30,31)24-12-10-22(32-3)11-13-24)18-25(29)27(17-23-5-4-14-33-23)16-20-6-8-21(26)9-7-20/h4-14,19H,15-18H2,1-3H3. The van der Waals surface area contributed by atoms with Crippen molar-refractivity contribution in [2.45, 2.75) is 31.8 Å². The fourth-order valence-corrected chi connectivity index (χ4v) is 5.71. The van der Waals surface area contributed by atoms with Crippen LogP contribution < -0.4 is 4.74 Å². The number of hydrogen-bond acceptors (Lipinski definition) is 5. The Bertz CT molecular complexity index is 1160. The molecule has 0 aliphatic carbocycles. The number of nitrogens with zero attached hydrogens (tertiary/aromatic N) is 2. The number of ether oxygens (including phenoxy) is 1. The molecule has 0 saturated heterocycles. The van der Waals surface area contributed by atoms with Crippen LogP contribution in [0.15, 0.2) is 70.9 Å². The van der Waals surface area contributed by atoms with Crippen molar-refractivity contribution in [1.82, 2.24) is 9.21 Å². The van der Waals surface area contributed by atoms with Gasteiger partial charge < -0.3 is 9.64 Å². The molecular formula is C25H29FN2O4S2. The van der Waals surface area contributed by atoms with Gasteiger partial charge in [-0.2, -0.15) is 4.31 Å². The SMILES string of the molecule is COc1ccc(S(=O)(=O)N(CC(=O)N(Cc2ccc(F)cc2)Cc2cccs2)CC(C)C)cc1. The van der Waals surface area contributed by atoms with E-state index in [1.807, 2.05) is 31.4 Å². The van der Waals surface area contributed by atoms with Crippen molar-refractivity contribution >= 4 is 27.3 Å². The van der Waals surface area contributed by atoms with Gasteiger partial charge in [0.05, 0.1) is 25.1 Å². The van der Waals surface area contributed by atoms with Crippen molar-refractivity contribution in [2.24, 2.45) is 5.92 Å². The van der Waals surface area contributed by atoms with Gasteiger partial charge in [0.2, 0.25) is 15.9 Å². The smallest absolute Gasteiger partial charge is 0.243 e. The third kappa shape index (κ3) is 6.88. The Morgan fingerprint density at radius 3 is 2.26 bits per heavy atom. The molecule has 34 heavy (non-hydrogen) atoms. The van der Waals surface area contributed by atoms with E-state index < -0.39 is 10.0 Å². The van der Waals surface area contributed by atoms with E-state index in [0.717, 1.165) is 10.4 Å². The van der Waals surface area contributed by atoms with Gasteiger partial charge >= 0.3 is 0 Å². The molecule has 9 heteroatoms. The average molecular weight is 505 g/mol. The number of amides is 1. The van der Waals surface area contributed by atoms with Crippen molar-refractivity contribution < 1.29 is 22.3 Å². The normalized spacial score (nSPS) is 11.7. The Balaban J connectivity index is 1.86. The minimum atomic E-state index is -3.91. The molecule has 0 radical (unpaired) electrons. The van der Waals surface area contributed by atoms with Gasteiger partial charge in [0.25, 0.3) is 0 Å². The third-order valence-corrected chi connectivity index (χ3v) is 7.83. The zero-order valence-corrected chi connectivity index (χ0v) is 21.1. The molecule has 0 aliphatic heterocycles. The fraction of sp³-hybridized carbons (Fsp3) is 0.320. The van der Waals surface area contributed by atoms with E-state index in [1.54, 1.807) is 29.2 Å². The summed E-state index contributed by atoms with van der Waals surface area (Å²) in [6.07, 6.45) is 0. The highest BCUT2D eigenvalue weighted by atomic mass is 32.2. The largest absolute Gasteiger partial charge is 0.497 e. The first kappa shape index (κ1) is 25.9. The summed E-state index contributed by atoms with van der Waals surface area (Å²) in [6, 6.07) is 15.9. The van der Waals surface area contributed by atoms with Crippen LogP contribution in [0, 0.1) is 11.7 Å². The summed E-state index contributed by atoms with van der Waals surface area (Å²) in [4.78, 5) is 16.1. The van der Waals surface area contributed by atoms with E-state index in [1.165, 1.54) is 47.0 Å². The number of sulfonamides is 1. The maximum absolute atomic E-state index is 13.4. The summed E-state index contributed by atoms with van der Waals surface area (Å²) in [5, 5.41) is 1.93. The maximum atomic E-state index is 13.4.